The highest BCUT2D eigenvalue weighted by molar-refractivity contribution is 6.01. The van der Waals surface area contributed by atoms with E-state index in [1.807, 2.05) is 13.0 Å². The zero-order valence-corrected chi connectivity index (χ0v) is 15.8. The second-order valence-corrected chi connectivity index (χ2v) is 9.31. The number of carbonyl (C=O) groups excluding carboxylic acids is 2. The average molecular weight is 376 g/mol. The molecule has 0 heterocycles. The lowest BCUT2D eigenvalue weighted by Crippen LogP contribution is -2.63. The summed E-state index contributed by atoms with van der Waals surface area (Å²) in [6.45, 7) is 2.96. The van der Waals surface area contributed by atoms with Crippen molar-refractivity contribution in [3.8, 4) is 0 Å². The molecule has 0 aliphatic heterocycles. The van der Waals surface area contributed by atoms with E-state index in [9.17, 15) is 30.0 Å². The van der Waals surface area contributed by atoms with E-state index >= 15 is 0 Å². The van der Waals surface area contributed by atoms with Gasteiger partial charge in [0.1, 0.15) is 6.61 Å². The summed E-state index contributed by atoms with van der Waals surface area (Å²) in [7, 11) is 0. The fraction of sp³-hybridized carbons (Fsp3) is 0.714. The number of carbonyl (C=O) groups is 2. The van der Waals surface area contributed by atoms with Gasteiger partial charge < -0.3 is 20.4 Å². The van der Waals surface area contributed by atoms with Gasteiger partial charge in [0.2, 0.25) is 0 Å². The molecule has 6 nitrogen and oxygen atoms in total. The molecule has 0 bridgehead atoms. The molecular weight excluding hydrogens is 348 g/mol. The maximum Gasteiger partial charge on any atom is 0.192 e. The minimum Gasteiger partial charge on any atom is -0.393 e. The Kier molecular flexibility index (Phi) is 4.10. The SMILES string of the molecule is CC12C=CC(=O)C=C1CC[C@@H]1[C@@H]2[C@@H](O)C[C@@]2(C)[C@H]1C[C@H](O)[C@]2(O)C(=O)CO. The van der Waals surface area contributed by atoms with Crippen molar-refractivity contribution in [1.82, 2.24) is 0 Å². The Morgan fingerprint density at radius 3 is 2.67 bits per heavy atom. The lowest BCUT2D eigenvalue weighted by molar-refractivity contribution is -0.190. The lowest BCUT2D eigenvalue weighted by atomic mass is 9.46. The first kappa shape index (κ1) is 19.0. The van der Waals surface area contributed by atoms with Crippen LogP contribution in [0, 0.1) is 28.6 Å². The standard InChI is InChI=1S/C21H28O6/c1-19-6-5-12(23)7-11(19)3-4-13-14-8-16(25)21(27,17(26)10-22)20(14,2)9-15(24)18(13)19/h5-7,13-16,18,22,24-25,27H,3-4,8-10H2,1-2H3/t13-,14-,15-,16-,18+,19?,20-,21-/m0/s1. The molecule has 0 saturated heterocycles. The highest BCUT2D eigenvalue weighted by Crippen LogP contribution is 2.67. The number of rotatable bonds is 2. The van der Waals surface area contributed by atoms with E-state index in [-0.39, 0.29) is 36.4 Å². The molecule has 3 fully saturated rings. The van der Waals surface area contributed by atoms with Crippen LogP contribution in [0.1, 0.15) is 39.5 Å². The smallest absolute Gasteiger partial charge is 0.192 e. The summed E-state index contributed by atoms with van der Waals surface area (Å²) in [5.41, 5.74) is -2.46. The molecule has 27 heavy (non-hydrogen) atoms. The quantitative estimate of drug-likeness (QED) is 0.559. The largest absolute Gasteiger partial charge is 0.393 e. The van der Waals surface area contributed by atoms with Crippen molar-refractivity contribution in [1.29, 1.82) is 0 Å². The summed E-state index contributed by atoms with van der Waals surface area (Å²) >= 11 is 0. The molecule has 148 valence electrons. The van der Waals surface area contributed by atoms with Gasteiger partial charge in [0.15, 0.2) is 17.2 Å². The van der Waals surface area contributed by atoms with Gasteiger partial charge in [0, 0.05) is 16.7 Å². The van der Waals surface area contributed by atoms with Gasteiger partial charge in [0.05, 0.1) is 12.2 Å². The highest BCUT2D eigenvalue weighted by atomic mass is 16.4. The maximum absolute atomic E-state index is 12.4. The van der Waals surface area contributed by atoms with Crippen molar-refractivity contribution < 1.29 is 30.0 Å². The molecule has 8 atom stereocenters. The monoisotopic (exact) mass is 376 g/mol. The Morgan fingerprint density at radius 2 is 2.00 bits per heavy atom. The van der Waals surface area contributed by atoms with Crippen LogP contribution in [0.5, 0.6) is 0 Å². The van der Waals surface area contributed by atoms with Gasteiger partial charge in [-0.2, -0.15) is 0 Å². The first-order chi connectivity index (χ1) is 12.6. The molecule has 0 spiro atoms. The number of allylic oxidation sites excluding steroid dienone is 4. The van der Waals surface area contributed by atoms with Gasteiger partial charge in [-0.15, -0.1) is 0 Å². The Labute approximate surface area is 158 Å². The number of aliphatic hydroxyl groups is 4. The summed E-state index contributed by atoms with van der Waals surface area (Å²) in [5, 5.41) is 42.3. The number of fused-ring (bicyclic) bond motifs is 5. The van der Waals surface area contributed by atoms with Gasteiger partial charge in [0.25, 0.3) is 0 Å². The second-order valence-electron chi connectivity index (χ2n) is 9.31. The summed E-state index contributed by atoms with van der Waals surface area (Å²) < 4.78 is 0. The van der Waals surface area contributed by atoms with Crippen molar-refractivity contribution in [2.75, 3.05) is 6.61 Å². The number of ketones is 2. The van der Waals surface area contributed by atoms with Crippen LogP contribution in [0.2, 0.25) is 0 Å². The van der Waals surface area contributed by atoms with E-state index in [4.69, 9.17) is 0 Å². The number of Topliss-reactive ketones (excluding diaryl/α,β-unsaturated/α-hetero) is 1. The topological polar surface area (TPSA) is 115 Å². The molecule has 1 unspecified atom stereocenters. The van der Waals surface area contributed by atoms with Gasteiger partial charge >= 0.3 is 0 Å². The van der Waals surface area contributed by atoms with E-state index in [1.165, 1.54) is 0 Å². The first-order valence-electron chi connectivity index (χ1n) is 9.76. The van der Waals surface area contributed by atoms with Gasteiger partial charge in [-0.1, -0.05) is 25.5 Å². The molecule has 4 aliphatic rings. The minimum absolute atomic E-state index is 0.00826. The van der Waals surface area contributed by atoms with E-state index in [2.05, 4.69) is 0 Å². The van der Waals surface area contributed by atoms with Crippen LogP contribution in [0.4, 0.5) is 0 Å². The predicted octanol–water partition coefficient (Wildman–Crippen LogP) is 0.528. The maximum atomic E-state index is 12.4. The Morgan fingerprint density at radius 1 is 1.30 bits per heavy atom. The van der Waals surface area contributed by atoms with Crippen LogP contribution in [0.3, 0.4) is 0 Å². The van der Waals surface area contributed by atoms with Crippen LogP contribution in [-0.4, -0.2) is 56.4 Å². The molecule has 4 aliphatic carbocycles. The first-order valence-corrected chi connectivity index (χ1v) is 9.76. The van der Waals surface area contributed by atoms with E-state index in [0.717, 1.165) is 18.4 Å². The van der Waals surface area contributed by atoms with Crippen LogP contribution in [0.15, 0.2) is 23.8 Å². The molecule has 0 aromatic heterocycles. The average Bonchev–Trinajstić information content (AvgIpc) is 2.82. The zero-order chi connectivity index (χ0) is 19.8. The highest BCUT2D eigenvalue weighted by Gasteiger charge is 2.71. The zero-order valence-electron chi connectivity index (χ0n) is 15.8. The molecule has 0 aromatic carbocycles. The van der Waals surface area contributed by atoms with Crippen molar-refractivity contribution in [2.45, 2.75) is 57.3 Å². The molecule has 0 amide bonds. The normalized spacial score (nSPS) is 51.3. The Hall–Kier alpha value is -1.34. The molecule has 3 saturated carbocycles. The van der Waals surface area contributed by atoms with Crippen LogP contribution in [-0.2, 0) is 9.59 Å². The third-order valence-corrected chi connectivity index (χ3v) is 8.28. The number of aliphatic hydroxyl groups excluding tert-OH is 3. The minimum atomic E-state index is -2.05. The number of hydrogen-bond acceptors (Lipinski definition) is 6. The summed E-state index contributed by atoms with van der Waals surface area (Å²) in [6, 6.07) is 0. The summed E-state index contributed by atoms with van der Waals surface area (Å²) in [5.74, 6) is -1.09. The molecule has 6 heteroatoms. The van der Waals surface area contributed by atoms with Crippen molar-refractivity contribution in [2.24, 2.45) is 28.6 Å². The fourth-order valence-electron chi connectivity index (χ4n) is 6.96. The summed E-state index contributed by atoms with van der Waals surface area (Å²) in [6.07, 6.45) is 4.97. The van der Waals surface area contributed by atoms with Crippen LogP contribution < -0.4 is 0 Å². The Balaban J connectivity index is 1.78. The van der Waals surface area contributed by atoms with Crippen molar-refractivity contribution in [3.63, 3.8) is 0 Å². The van der Waals surface area contributed by atoms with Gasteiger partial charge in [-0.05, 0) is 49.7 Å². The second kappa shape index (κ2) is 5.83. The van der Waals surface area contributed by atoms with Crippen molar-refractivity contribution >= 4 is 11.6 Å². The van der Waals surface area contributed by atoms with E-state index in [0.29, 0.717) is 0 Å². The van der Waals surface area contributed by atoms with E-state index < -0.39 is 41.0 Å². The van der Waals surface area contributed by atoms with Gasteiger partial charge in [-0.25, -0.2) is 0 Å². The third kappa shape index (κ3) is 2.21. The lowest BCUT2D eigenvalue weighted by Gasteiger charge is -2.59. The predicted molar refractivity (Wildman–Crippen MR) is 96.4 cm³/mol. The third-order valence-electron chi connectivity index (χ3n) is 8.28. The molecule has 4 rings (SSSR count). The number of hydrogen-bond donors (Lipinski definition) is 4. The van der Waals surface area contributed by atoms with Crippen molar-refractivity contribution in [3.05, 3.63) is 23.8 Å². The molecule has 0 aromatic rings. The fourth-order valence-corrected chi connectivity index (χ4v) is 6.96. The van der Waals surface area contributed by atoms with Crippen LogP contribution in [0.25, 0.3) is 0 Å². The Bertz CT molecular complexity index is 756. The van der Waals surface area contributed by atoms with E-state index in [1.54, 1.807) is 19.1 Å². The molecule has 0 radical (unpaired) electrons. The van der Waals surface area contributed by atoms with Gasteiger partial charge in [-0.3, -0.25) is 9.59 Å². The summed E-state index contributed by atoms with van der Waals surface area (Å²) in [4.78, 5) is 24.2. The molecule has 4 N–H and O–H groups in total. The van der Waals surface area contributed by atoms with Crippen LogP contribution >= 0.6 is 0 Å². The molecular formula is C21H28O6.